The van der Waals surface area contributed by atoms with Crippen molar-refractivity contribution in [2.45, 2.75) is 0 Å². The average molecular weight is 703 g/mol. The van der Waals surface area contributed by atoms with Crippen LogP contribution >= 0.6 is 0 Å². The minimum absolute atomic E-state index is 0.696. The molecular formula is C51H34N4. The van der Waals surface area contributed by atoms with Crippen LogP contribution in [0.1, 0.15) is 0 Å². The first-order valence-corrected chi connectivity index (χ1v) is 18.5. The van der Waals surface area contributed by atoms with Gasteiger partial charge in [-0.05, 0) is 88.0 Å². The maximum Gasteiger partial charge on any atom is 0.160 e. The number of pyridine rings is 1. The quantitative estimate of drug-likeness (QED) is 0.166. The number of hydrogen-bond donors (Lipinski definition) is 0. The van der Waals surface area contributed by atoms with Gasteiger partial charge in [0, 0.05) is 45.5 Å². The fourth-order valence-corrected chi connectivity index (χ4v) is 7.54. The zero-order chi connectivity index (χ0) is 36.6. The molecule has 0 aliphatic heterocycles. The highest BCUT2D eigenvalue weighted by Crippen LogP contribution is 2.38. The molecular weight excluding hydrogens is 669 g/mol. The van der Waals surface area contributed by atoms with E-state index in [1.54, 1.807) is 12.4 Å². The Bertz CT molecular complexity index is 2770. The van der Waals surface area contributed by atoms with Crippen molar-refractivity contribution in [2.24, 2.45) is 0 Å². The summed E-state index contributed by atoms with van der Waals surface area (Å²) < 4.78 is 2.39. The average Bonchev–Trinajstić information content (AvgIpc) is 3.60. The minimum Gasteiger partial charge on any atom is -0.309 e. The van der Waals surface area contributed by atoms with E-state index in [0.717, 1.165) is 44.9 Å². The van der Waals surface area contributed by atoms with Gasteiger partial charge in [-0.15, -0.1) is 0 Å². The summed E-state index contributed by atoms with van der Waals surface area (Å²) >= 11 is 0. The molecule has 0 spiro atoms. The first-order valence-electron chi connectivity index (χ1n) is 18.5. The Hall–Kier alpha value is -7.43. The Kier molecular flexibility index (Phi) is 8.12. The second-order valence-electron chi connectivity index (χ2n) is 13.7. The molecule has 0 unspecified atom stereocenters. The van der Waals surface area contributed by atoms with Gasteiger partial charge in [0.05, 0.1) is 22.4 Å². The first kappa shape index (κ1) is 32.2. The van der Waals surface area contributed by atoms with E-state index in [4.69, 9.17) is 9.97 Å². The fraction of sp³-hybridized carbons (Fsp3) is 0. The van der Waals surface area contributed by atoms with Crippen LogP contribution in [0.5, 0.6) is 0 Å². The maximum absolute atomic E-state index is 5.01. The molecule has 0 saturated heterocycles. The van der Waals surface area contributed by atoms with E-state index < -0.39 is 0 Å². The Morgan fingerprint density at radius 1 is 0.309 bits per heavy atom. The Balaban J connectivity index is 1.02. The van der Waals surface area contributed by atoms with Gasteiger partial charge in [-0.1, -0.05) is 140 Å². The van der Waals surface area contributed by atoms with Gasteiger partial charge in [0.15, 0.2) is 5.82 Å². The lowest BCUT2D eigenvalue weighted by molar-refractivity contribution is 1.18. The third-order valence-corrected chi connectivity index (χ3v) is 10.4. The van der Waals surface area contributed by atoms with Crippen molar-refractivity contribution >= 4 is 21.8 Å². The third-order valence-electron chi connectivity index (χ3n) is 10.4. The molecule has 4 nitrogen and oxygen atoms in total. The van der Waals surface area contributed by atoms with E-state index in [1.165, 1.54) is 44.1 Å². The second kappa shape index (κ2) is 13.8. The summed E-state index contributed by atoms with van der Waals surface area (Å²) in [5, 5.41) is 2.47. The van der Waals surface area contributed by atoms with Crippen molar-refractivity contribution in [1.82, 2.24) is 19.5 Å². The Labute approximate surface area is 319 Å². The molecule has 0 saturated carbocycles. The minimum atomic E-state index is 0.696. The summed E-state index contributed by atoms with van der Waals surface area (Å²) in [6.07, 6.45) is 3.59. The molecule has 7 aromatic carbocycles. The summed E-state index contributed by atoms with van der Waals surface area (Å²) in [5.74, 6) is 0.696. The SMILES string of the molecule is c1ccc(-c2ccc3c(c2)c2cc(-c4ccccc4)ccc2n3-c2ccc(-c3ccc(-c4cc(-c5ccncc5)nc(-c5ccccc5)n4)cc3)cc2)cc1. The predicted molar refractivity (Wildman–Crippen MR) is 227 cm³/mol. The molecule has 0 aliphatic carbocycles. The lowest BCUT2D eigenvalue weighted by Crippen LogP contribution is -1.96. The van der Waals surface area contributed by atoms with Crippen LogP contribution in [0, 0.1) is 0 Å². The zero-order valence-electron chi connectivity index (χ0n) is 29.9. The van der Waals surface area contributed by atoms with Gasteiger partial charge in [-0.25, -0.2) is 9.97 Å². The molecule has 258 valence electrons. The molecule has 0 atom stereocenters. The van der Waals surface area contributed by atoms with Gasteiger partial charge < -0.3 is 4.57 Å². The highest BCUT2D eigenvalue weighted by Gasteiger charge is 2.16. The number of benzene rings is 7. The summed E-state index contributed by atoms with van der Waals surface area (Å²) in [7, 11) is 0. The molecule has 0 radical (unpaired) electrons. The summed E-state index contributed by atoms with van der Waals surface area (Å²) in [6, 6.07) is 68.7. The fourth-order valence-electron chi connectivity index (χ4n) is 7.54. The molecule has 10 rings (SSSR count). The highest BCUT2D eigenvalue weighted by molar-refractivity contribution is 6.11. The molecule has 0 aliphatic rings. The largest absolute Gasteiger partial charge is 0.309 e. The molecule has 55 heavy (non-hydrogen) atoms. The molecule has 4 heteroatoms. The van der Waals surface area contributed by atoms with Crippen LogP contribution in [0.3, 0.4) is 0 Å². The van der Waals surface area contributed by atoms with Gasteiger partial charge >= 0.3 is 0 Å². The summed E-state index contributed by atoms with van der Waals surface area (Å²) in [4.78, 5) is 14.1. The number of aromatic nitrogens is 4. The second-order valence-corrected chi connectivity index (χ2v) is 13.7. The maximum atomic E-state index is 5.01. The number of fused-ring (bicyclic) bond motifs is 3. The Morgan fingerprint density at radius 3 is 1.22 bits per heavy atom. The summed E-state index contributed by atoms with van der Waals surface area (Å²) in [5.41, 5.74) is 15.4. The smallest absolute Gasteiger partial charge is 0.160 e. The standard InChI is InChI=1S/C51H34N4/c1-4-10-35(11-5-1)42-22-26-49-45(32-42)46-33-43(36-12-6-2-7-13-36)23-27-50(46)55(49)44-24-20-38(21-25-44)37-16-18-39(19-17-37)47-34-48(40-28-30-52-31-29-40)54-51(53-47)41-14-8-3-9-15-41/h1-34H. The van der Waals surface area contributed by atoms with Gasteiger partial charge in [-0.2, -0.15) is 0 Å². The van der Waals surface area contributed by atoms with Crippen molar-refractivity contribution in [1.29, 1.82) is 0 Å². The zero-order valence-corrected chi connectivity index (χ0v) is 29.9. The van der Waals surface area contributed by atoms with Gasteiger partial charge in [-0.3, -0.25) is 4.98 Å². The van der Waals surface area contributed by atoms with Crippen molar-refractivity contribution in [3.05, 3.63) is 207 Å². The van der Waals surface area contributed by atoms with E-state index in [-0.39, 0.29) is 0 Å². The van der Waals surface area contributed by atoms with Gasteiger partial charge in [0.1, 0.15) is 0 Å². The number of nitrogens with zero attached hydrogens (tertiary/aromatic N) is 4. The topological polar surface area (TPSA) is 43.6 Å². The number of hydrogen-bond acceptors (Lipinski definition) is 3. The van der Waals surface area contributed by atoms with Crippen LogP contribution in [0.4, 0.5) is 0 Å². The third kappa shape index (κ3) is 6.16. The Morgan fingerprint density at radius 2 is 0.709 bits per heavy atom. The monoisotopic (exact) mass is 702 g/mol. The van der Waals surface area contributed by atoms with Crippen molar-refractivity contribution < 1.29 is 0 Å². The van der Waals surface area contributed by atoms with Crippen LogP contribution in [-0.4, -0.2) is 19.5 Å². The van der Waals surface area contributed by atoms with Crippen molar-refractivity contribution in [2.75, 3.05) is 0 Å². The lowest BCUT2D eigenvalue weighted by Gasteiger charge is -2.11. The van der Waals surface area contributed by atoms with E-state index in [9.17, 15) is 0 Å². The normalized spacial score (nSPS) is 11.3. The van der Waals surface area contributed by atoms with E-state index in [0.29, 0.717) is 5.82 Å². The van der Waals surface area contributed by atoms with Crippen LogP contribution in [0.25, 0.3) is 94.8 Å². The molecule has 0 fully saturated rings. The predicted octanol–water partition coefficient (Wildman–Crippen LogP) is 13.0. The highest BCUT2D eigenvalue weighted by atomic mass is 15.0. The van der Waals surface area contributed by atoms with Crippen LogP contribution in [-0.2, 0) is 0 Å². The van der Waals surface area contributed by atoms with Crippen LogP contribution in [0.2, 0.25) is 0 Å². The molecule has 3 heterocycles. The lowest BCUT2D eigenvalue weighted by atomic mass is 10.0. The van der Waals surface area contributed by atoms with E-state index in [1.807, 2.05) is 42.5 Å². The van der Waals surface area contributed by atoms with Crippen LogP contribution < -0.4 is 0 Å². The molecule has 0 N–H and O–H groups in total. The molecule has 0 amide bonds. The molecule has 3 aromatic heterocycles. The van der Waals surface area contributed by atoms with E-state index >= 15 is 0 Å². The van der Waals surface area contributed by atoms with Gasteiger partial charge in [0.25, 0.3) is 0 Å². The molecule has 0 bridgehead atoms. The van der Waals surface area contributed by atoms with Crippen molar-refractivity contribution in [3.63, 3.8) is 0 Å². The summed E-state index contributed by atoms with van der Waals surface area (Å²) in [6.45, 7) is 0. The molecule has 10 aromatic rings. The van der Waals surface area contributed by atoms with E-state index in [2.05, 4.69) is 161 Å². The van der Waals surface area contributed by atoms with Gasteiger partial charge in [0.2, 0.25) is 0 Å². The first-order chi connectivity index (χ1) is 27.2. The van der Waals surface area contributed by atoms with Crippen LogP contribution in [0.15, 0.2) is 207 Å². The van der Waals surface area contributed by atoms with Crippen molar-refractivity contribution in [3.8, 4) is 73.0 Å². The number of rotatable bonds is 7.